The third-order valence-corrected chi connectivity index (χ3v) is 4.16. The molecule has 22 heavy (non-hydrogen) atoms. The molecule has 2 amide bonds. The fraction of sp³-hybridized carbons (Fsp3) is 0.643. The normalized spacial score (nSPS) is 28.7. The van der Waals surface area contributed by atoms with Crippen LogP contribution in [0.15, 0.2) is 23.1 Å². The first-order valence-electron chi connectivity index (χ1n) is 7.40. The molecule has 8 nitrogen and oxygen atoms in total. The van der Waals surface area contributed by atoms with Crippen LogP contribution < -0.4 is 11.3 Å². The van der Waals surface area contributed by atoms with Crippen LogP contribution >= 0.6 is 0 Å². The number of hydrogen-bond donors (Lipinski definition) is 1. The van der Waals surface area contributed by atoms with Gasteiger partial charge in [-0.1, -0.05) is 0 Å². The van der Waals surface area contributed by atoms with E-state index in [1.165, 1.54) is 10.7 Å². The van der Waals surface area contributed by atoms with Gasteiger partial charge in [-0.2, -0.15) is 5.10 Å². The van der Waals surface area contributed by atoms with Gasteiger partial charge in [-0.05, 0) is 18.9 Å². The summed E-state index contributed by atoms with van der Waals surface area (Å²) in [5.41, 5.74) is 4.70. The van der Waals surface area contributed by atoms with E-state index in [1.54, 1.807) is 17.2 Å². The van der Waals surface area contributed by atoms with Gasteiger partial charge >= 0.3 is 6.03 Å². The number of nitrogens with two attached hydrogens (primary N) is 1. The maximum Gasteiger partial charge on any atom is 0.314 e. The van der Waals surface area contributed by atoms with Crippen LogP contribution in [0, 0.1) is 0 Å². The van der Waals surface area contributed by atoms with Crippen molar-refractivity contribution >= 4 is 6.03 Å². The highest BCUT2D eigenvalue weighted by Gasteiger charge is 2.44. The molecule has 2 saturated heterocycles. The number of amides is 2. The maximum absolute atomic E-state index is 11.7. The van der Waals surface area contributed by atoms with Gasteiger partial charge in [-0.15, -0.1) is 0 Å². The summed E-state index contributed by atoms with van der Waals surface area (Å²) >= 11 is 0. The van der Waals surface area contributed by atoms with Gasteiger partial charge in [0.15, 0.2) is 0 Å². The molecule has 0 radical (unpaired) electrons. The van der Waals surface area contributed by atoms with Crippen LogP contribution in [0.4, 0.5) is 4.79 Å². The molecule has 2 aliphatic heterocycles. The molecule has 2 aliphatic rings. The number of aromatic nitrogens is 2. The van der Waals surface area contributed by atoms with Gasteiger partial charge in [0.2, 0.25) is 0 Å². The molecule has 2 fully saturated rings. The van der Waals surface area contributed by atoms with E-state index >= 15 is 0 Å². The van der Waals surface area contributed by atoms with Crippen molar-refractivity contribution in [2.75, 3.05) is 26.3 Å². The van der Waals surface area contributed by atoms with E-state index in [4.69, 9.17) is 15.2 Å². The molecule has 3 heterocycles. The summed E-state index contributed by atoms with van der Waals surface area (Å²) in [4.78, 5) is 24.7. The molecular formula is C14H20N4O4. The highest BCUT2D eigenvalue weighted by molar-refractivity contribution is 5.72. The first-order valence-corrected chi connectivity index (χ1v) is 7.40. The molecule has 1 aromatic rings. The molecule has 0 aliphatic carbocycles. The zero-order valence-corrected chi connectivity index (χ0v) is 12.3. The molecule has 2 N–H and O–H groups in total. The summed E-state index contributed by atoms with van der Waals surface area (Å²) < 4.78 is 13.1. The van der Waals surface area contributed by atoms with Crippen molar-refractivity contribution in [3.05, 3.63) is 28.7 Å². The van der Waals surface area contributed by atoms with Crippen molar-refractivity contribution < 1.29 is 14.3 Å². The Kier molecular flexibility index (Phi) is 4.12. The zero-order chi connectivity index (χ0) is 15.6. The van der Waals surface area contributed by atoms with Gasteiger partial charge in [0.25, 0.3) is 5.56 Å². The average molecular weight is 308 g/mol. The Balaban J connectivity index is 1.69. The van der Waals surface area contributed by atoms with Gasteiger partial charge in [-0.3, -0.25) is 4.79 Å². The first-order chi connectivity index (χ1) is 10.6. The van der Waals surface area contributed by atoms with Crippen LogP contribution in [0.25, 0.3) is 0 Å². The topological polar surface area (TPSA) is 99.7 Å². The average Bonchev–Trinajstić information content (AvgIpc) is 2.74. The summed E-state index contributed by atoms with van der Waals surface area (Å²) in [6, 6.07) is 2.62. The summed E-state index contributed by atoms with van der Waals surface area (Å²) in [6.45, 7) is 2.20. The van der Waals surface area contributed by atoms with Gasteiger partial charge in [0.1, 0.15) is 5.60 Å². The SMILES string of the molecule is NC(=O)N1CCOCC2(CCC(Cn3ncccc3=O)O2)C1. The van der Waals surface area contributed by atoms with Crippen molar-refractivity contribution in [1.82, 2.24) is 14.7 Å². The van der Waals surface area contributed by atoms with Crippen molar-refractivity contribution in [3.8, 4) is 0 Å². The maximum atomic E-state index is 11.7. The van der Waals surface area contributed by atoms with Gasteiger partial charge in [-0.25, -0.2) is 9.48 Å². The van der Waals surface area contributed by atoms with Gasteiger partial charge in [0.05, 0.1) is 32.4 Å². The Hall–Kier alpha value is -1.93. The van der Waals surface area contributed by atoms with Crippen LogP contribution in [0.5, 0.6) is 0 Å². The van der Waals surface area contributed by atoms with E-state index < -0.39 is 11.6 Å². The molecule has 0 aromatic carbocycles. The number of carbonyl (C=O) groups excluding carboxylic acids is 1. The number of hydrogen-bond acceptors (Lipinski definition) is 5. The molecule has 0 bridgehead atoms. The number of urea groups is 1. The Morgan fingerprint density at radius 1 is 1.55 bits per heavy atom. The molecule has 2 atom stereocenters. The number of ether oxygens (including phenoxy) is 2. The second kappa shape index (κ2) is 6.05. The molecule has 1 aromatic heterocycles. The van der Waals surface area contributed by atoms with E-state index in [-0.39, 0.29) is 11.7 Å². The Morgan fingerprint density at radius 2 is 2.41 bits per heavy atom. The zero-order valence-electron chi connectivity index (χ0n) is 12.3. The lowest BCUT2D eigenvalue weighted by molar-refractivity contribution is -0.0877. The second-order valence-electron chi connectivity index (χ2n) is 5.82. The molecule has 3 rings (SSSR count). The highest BCUT2D eigenvalue weighted by atomic mass is 16.6. The third kappa shape index (κ3) is 3.12. The van der Waals surface area contributed by atoms with E-state index in [1.807, 2.05) is 0 Å². The van der Waals surface area contributed by atoms with E-state index in [2.05, 4.69) is 5.10 Å². The predicted octanol–water partition coefficient (Wildman–Crippen LogP) is -0.428. The summed E-state index contributed by atoms with van der Waals surface area (Å²) in [5.74, 6) is 0. The smallest absolute Gasteiger partial charge is 0.314 e. The fourth-order valence-electron chi connectivity index (χ4n) is 3.06. The number of carbonyl (C=O) groups is 1. The number of nitrogens with zero attached hydrogens (tertiary/aromatic N) is 3. The van der Waals surface area contributed by atoms with Crippen LogP contribution in [-0.2, 0) is 16.0 Å². The lowest BCUT2D eigenvalue weighted by Gasteiger charge is -2.31. The summed E-state index contributed by atoms with van der Waals surface area (Å²) in [7, 11) is 0. The minimum atomic E-state index is -0.533. The van der Waals surface area contributed by atoms with Crippen molar-refractivity contribution in [1.29, 1.82) is 0 Å². The lowest BCUT2D eigenvalue weighted by atomic mass is 10.0. The van der Waals surface area contributed by atoms with Crippen LogP contribution in [-0.4, -0.2) is 58.7 Å². The first kappa shape index (κ1) is 15.0. The molecule has 2 unspecified atom stereocenters. The third-order valence-electron chi connectivity index (χ3n) is 4.16. The van der Waals surface area contributed by atoms with Crippen molar-refractivity contribution in [2.45, 2.75) is 31.1 Å². The van der Waals surface area contributed by atoms with Gasteiger partial charge < -0.3 is 20.1 Å². The molecular weight excluding hydrogens is 288 g/mol. The number of primary amides is 1. The van der Waals surface area contributed by atoms with E-state index in [0.29, 0.717) is 32.8 Å². The second-order valence-corrected chi connectivity index (χ2v) is 5.82. The molecule has 1 spiro atoms. The highest BCUT2D eigenvalue weighted by Crippen LogP contribution is 2.33. The van der Waals surface area contributed by atoms with Gasteiger partial charge in [0, 0.05) is 18.8 Å². The van der Waals surface area contributed by atoms with Crippen LogP contribution in [0.3, 0.4) is 0 Å². The minimum absolute atomic E-state index is 0.121. The summed E-state index contributed by atoms with van der Waals surface area (Å²) in [6.07, 6.45) is 3.02. The van der Waals surface area contributed by atoms with E-state index in [0.717, 1.165) is 12.8 Å². The Labute approximate surface area is 127 Å². The Bertz CT molecular complexity index is 605. The minimum Gasteiger partial charge on any atom is -0.377 e. The lowest BCUT2D eigenvalue weighted by Crippen LogP contribution is -2.48. The standard InChI is InChI=1S/C14H20N4O4/c15-13(20)17-6-7-21-10-14(9-17)4-3-11(22-14)8-18-12(19)2-1-5-16-18/h1-2,5,11H,3-4,6-10H2,(H2,15,20). The molecule has 0 saturated carbocycles. The van der Waals surface area contributed by atoms with Crippen LogP contribution in [0.1, 0.15) is 12.8 Å². The predicted molar refractivity (Wildman–Crippen MR) is 77.3 cm³/mol. The fourth-order valence-corrected chi connectivity index (χ4v) is 3.06. The van der Waals surface area contributed by atoms with Crippen molar-refractivity contribution in [2.24, 2.45) is 5.73 Å². The number of rotatable bonds is 2. The van der Waals surface area contributed by atoms with E-state index in [9.17, 15) is 9.59 Å². The van der Waals surface area contributed by atoms with Crippen LogP contribution in [0.2, 0.25) is 0 Å². The Morgan fingerprint density at radius 3 is 3.18 bits per heavy atom. The monoisotopic (exact) mass is 308 g/mol. The largest absolute Gasteiger partial charge is 0.377 e. The van der Waals surface area contributed by atoms with Crippen molar-refractivity contribution in [3.63, 3.8) is 0 Å². The molecule has 8 heteroatoms. The quantitative estimate of drug-likeness (QED) is 0.799. The summed E-state index contributed by atoms with van der Waals surface area (Å²) in [5, 5.41) is 4.05. The molecule has 120 valence electrons.